The van der Waals surface area contributed by atoms with Crippen molar-refractivity contribution in [2.24, 2.45) is 4.99 Å². The van der Waals surface area contributed by atoms with Crippen LogP contribution in [-0.4, -0.2) is 57.9 Å². The Morgan fingerprint density at radius 2 is 2.00 bits per heavy atom. The summed E-state index contributed by atoms with van der Waals surface area (Å²) < 4.78 is 40.7. The zero-order valence-corrected chi connectivity index (χ0v) is 20.2. The zero-order chi connectivity index (χ0) is 26.2. The van der Waals surface area contributed by atoms with Gasteiger partial charge in [-0.25, -0.2) is 14.5 Å². The van der Waals surface area contributed by atoms with Crippen molar-refractivity contribution in [3.05, 3.63) is 71.5 Å². The number of nitrogens with zero attached hydrogens (tertiary/aromatic N) is 5. The number of amides is 1. The normalized spacial score (nSPS) is 18.9. The summed E-state index contributed by atoms with van der Waals surface area (Å²) >= 11 is 0. The highest BCUT2D eigenvalue weighted by Gasteiger charge is 2.32. The van der Waals surface area contributed by atoms with Crippen LogP contribution in [0.4, 0.5) is 19.0 Å². The number of carbonyl (C=O) groups is 1. The molecular formula is C26H26F3N7O. The highest BCUT2D eigenvalue weighted by molar-refractivity contribution is 5.97. The Morgan fingerprint density at radius 1 is 1.22 bits per heavy atom. The van der Waals surface area contributed by atoms with E-state index >= 15 is 0 Å². The van der Waals surface area contributed by atoms with Crippen LogP contribution in [0, 0.1) is 0 Å². The molecule has 1 saturated heterocycles. The van der Waals surface area contributed by atoms with Crippen LogP contribution in [0.25, 0.3) is 16.6 Å². The quantitative estimate of drug-likeness (QED) is 0.546. The van der Waals surface area contributed by atoms with Gasteiger partial charge in [0.25, 0.3) is 5.91 Å². The second kappa shape index (κ2) is 9.81. The first kappa shape index (κ1) is 24.7. The Labute approximate surface area is 211 Å². The topological polar surface area (TPSA) is 101 Å². The third kappa shape index (κ3) is 5.12. The van der Waals surface area contributed by atoms with Crippen LogP contribution in [-0.2, 0) is 0 Å². The smallest absolute Gasteiger partial charge is 0.382 e. The number of likely N-dealkylation sites (N-methyl/N-ethyl adjacent to an activating group) is 1. The summed E-state index contributed by atoms with van der Waals surface area (Å²) in [6.07, 6.45) is 1.98. The molecule has 11 heteroatoms. The van der Waals surface area contributed by atoms with Crippen molar-refractivity contribution >= 4 is 23.5 Å². The number of aromatic nitrogens is 3. The molecule has 0 spiro atoms. The zero-order valence-electron chi connectivity index (χ0n) is 20.2. The van der Waals surface area contributed by atoms with E-state index < -0.39 is 17.7 Å². The maximum absolute atomic E-state index is 12.9. The predicted octanol–water partition coefficient (Wildman–Crippen LogP) is 4.32. The molecule has 0 radical (unpaired) electrons. The number of piperidine rings is 1. The minimum Gasteiger partial charge on any atom is -0.382 e. The fraction of sp³-hybridized carbons (Fsp3) is 0.308. The van der Waals surface area contributed by atoms with E-state index in [4.69, 9.17) is 5.73 Å². The second-order valence-corrected chi connectivity index (χ2v) is 9.28. The molecule has 0 bridgehead atoms. The van der Waals surface area contributed by atoms with E-state index in [1.165, 1.54) is 12.4 Å². The van der Waals surface area contributed by atoms with Crippen molar-refractivity contribution < 1.29 is 18.0 Å². The van der Waals surface area contributed by atoms with Crippen molar-refractivity contribution in [2.75, 3.05) is 25.9 Å². The van der Waals surface area contributed by atoms with Gasteiger partial charge in [0.05, 0.1) is 0 Å². The van der Waals surface area contributed by atoms with E-state index in [-0.39, 0.29) is 12.2 Å². The number of benzene rings is 1. The molecule has 4 heterocycles. The average molecular weight is 510 g/mol. The van der Waals surface area contributed by atoms with Crippen LogP contribution in [0.2, 0.25) is 0 Å². The third-order valence-electron chi connectivity index (χ3n) is 6.72. The predicted molar refractivity (Wildman–Crippen MR) is 135 cm³/mol. The van der Waals surface area contributed by atoms with Crippen LogP contribution in [0.5, 0.6) is 0 Å². The van der Waals surface area contributed by atoms with Crippen molar-refractivity contribution in [2.45, 2.75) is 31.4 Å². The van der Waals surface area contributed by atoms with Gasteiger partial charge in [-0.2, -0.15) is 18.3 Å². The lowest BCUT2D eigenvalue weighted by atomic mass is 9.94. The van der Waals surface area contributed by atoms with E-state index in [1.807, 2.05) is 16.6 Å². The Kier molecular flexibility index (Phi) is 6.55. The van der Waals surface area contributed by atoms with E-state index in [0.717, 1.165) is 55.0 Å². The summed E-state index contributed by atoms with van der Waals surface area (Å²) in [6.45, 7) is 1.99. The van der Waals surface area contributed by atoms with Crippen LogP contribution >= 0.6 is 0 Å². The van der Waals surface area contributed by atoms with Gasteiger partial charge in [-0.3, -0.25) is 4.79 Å². The molecule has 2 aromatic heterocycles. The highest BCUT2D eigenvalue weighted by atomic mass is 19.4. The maximum Gasteiger partial charge on any atom is 0.413 e. The Bertz CT molecular complexity index is 1420. The Balaban J connectivity index is 1.38. The molecule has 37 heavy (non-hydrogen) atoms. The number of hydrogen-bond acceptors (Lipinski definition) is 6. The summed E-state index contributed by atoms with van der Waals surface area (Å²) in [7, 11) is 2.11. The molecule has 3 aromatic rings. The number of nitrogens with two attached hydrogens (primary N) is 1. The number of halogens is 3. The van der Waals surface area contributed by atoms with Crippen LogP contribution in [0.15, 0.2) is 65.2 Å². The summed E-state index contributed by atoms with van der Waals surface area (Å²) in [5.74, 6) is 0.267. The van der Waals surface area contributed by atoms with E-state index in [2.05, 4.69) is 38.4 Å². The monoisotopic (exact) mass is 509 g/mol. The van der Waals surface area contributed by atoms with Crippen molar-refractivity contribution in [3.63, 3.8) is 0 Å². The lowest BCUT2D eigenvalue weighted by Crippen LogP contribution is -2.31. The molecule has 1 amide bonds. The third-order valence-corrected chi connectivity index (χ3v) is 6.72. The summed E-state index contributed by atoms with van der Waals surface area (Å²) in [4.78, 5) is 23.1. The summed E-state index contributed by atoms with van der Waals surface area (Å²) in [6, 6.07) is 9.02. The van der Waals surface area contributed by atoms with E-state index in [9.17, 15) is 18.0 Å². The van der Waals surface area contributed by atoms with E-state index in [0.29, 0.717) is 22.8 Å². The summed E-state index contributed by atoms with van der Waals surface area (Å²) in [5, 5.41) is 7.05. The lowest BCUT2D eigenvalue weighted by molar-refractivity contribution is -0.0927. The first-order valence-electron chi connectivity index (χ1n) is 11.9. The molecule has 1 fully saturated rings. The number of hydrogen-bond donors (Lipinski definition) is 2. The number of alkyl halides is 3. The van der Waals surface area contributed by atoms with Gasteiger partial charge in [0.1, 0.15) is 17.7 Å². The molecule has 0 aliphatic carbocycles. The molecule has 8 nitrogen and oxygen atoms in total. The van der Waals surface area contributed by atoms with Crippen LogP contribution in [0.1, 0.15) is 41.2 Å². The molecule has 2 aliphatic rings. The van der Waals surface area contributed by atoms with Gasteiger partial charge in [-0.05, 0) is 68.8 Å². The van der Waals surface area contributed by atoms with Crippen LogP contribution in [0.3, 0.4) is 0 Å². The fourth-order valence-corrected chi connectivity index (χ4v) is 4.83. The SMILES string of the molecule is CN1CCCC(c2cc(-c3ccc(C(=O)NC4=CCC(C(F)(F)F)=CC=N4)cc3)c3c(N)ncnn23)C1. The van der Waals surface area contributed by atoms with Gasteiger partial charge in [0.15, 0.2) is 5.82 Å². The van der Waals surface area contributed by atoms with Gasteiger partial charge in [-0.1, -0.05) is 12.1 Å². The molecule has 192 valence electrons. The highest BCUT2D eigenvalue weighted by Crippen LogP contribution is 2.36. The minimum absolute atomic E-state index is 0.0648. The Morgan fingerprint density at radius 3 is 2.73 bits per heavy atom. The number of anilines is 1. The van der Waals surface area contributed by atoms with Gasteiger partial charge in [0.2, 0.25) is 0 Å². The molecule has 1 aromatic carbocycles. The largest absolute Gasteiger partial charge is 0.413 e. The minimum atomic E-state index is -4.44. The first-order chi connectivity index (χ1) is 17.7. The van der Waals surface area contributed by atoms with Crippen LogP contribution < -0.4 is 11.1 Å². The van der Waals surface area contributed by atoms with Crippen molar-refractivity contribution in [1.29, 1.82) is 0 Å². The van der Waals surface area contributed by atoms with Gasteiger partial charge in [-0.15, -0.1) is 0 Å². The number of likely N-dealkylation sites (tertiary alicyclic amines) is 1. The number of nitrogen functional groups attached to an aromatic ring is 1. The number of allylic oxidation sites excluding steroid dienone is 3. The number of nitrogens with one attached hydrogen (secondary N) is 1. The van der Waals surface area contributed by atoms with Crippen molar-refractivity contribution in [3.8, 4) is 11.1 Å². The van der Waals surface area contributed by atoms with Gasteiger partial charge in [0, 0.05) is 41.1 Å². The molecule has 1 atom stereocenters. The van der Waals surface area contributed by atoms with Crippen molar-refractivity contribution in [1.82, 2.24) is 24.8 Å². The molecule has 1 unspecified atom stereocenters. The first-order valence-corrected chi connectivity index (χ1v) is 11.9. The molecule has 2 aliphatic heterocycles. The maximum atomic E-state index is 12.9. The second-order valence-electron chi connectivity index (χ2n) is 9.28. The average Bonchev–Trinajstić information content (AvgIpc) is 3.10. The Hall–Kier alpha value is -3.99. The molecule has 0 saturated carbocycles. The number of aliphatic imine (C=N–C) groups is 1. The molecule has 3 N–H and O–H groups in total. The van der Waals surface area contributed by atoms with Gasteiger partial charge >= 0.3 is 6.18 Å². The fourth-order valence-electron chi connectivity index (χ4n) is 4.83. The summed E-state index contributed by atoms with van der Waals surface area (Å²) in [5.41, 5.74) is 9.37. The number of carbonyl (C=O) groups excluding carboxylic acids is 1. The van der Waals surface area contributed by atoms with Gasteiger partial charge < -0.3 is 16.0 Å². The number of rotatable bonds is 4. The standard InChI is InChI=1S/C26H26F3N7O/c1-35-12-2-3-18(14-35)21-13-20(23-24(30)32-15-33-36(21)23)16-4-6-17(7-5-16)25(37)34-22-9-8-19(10-11-31-22)26(27,28)29/h4-7,9-11,13,15,18H,2-3,8,12,14H2,1H3,(H,34,37)(H2,30,32,33). The number of fused-ring (bicyclic) bond motifs is 1. The molecule has 5 rings (SSSR count). The molecular weight excluding hydrogens is 483 g/mol. The van der Waals surface area contributed by atoms with E-state index in [1.54, 1.807) is 12.1 Å². The lowest BCUT2D eigenvalue weighted by Gasteiger charge is -2.29.